The molecule has 1 rings (SSSR count). The van der Waals surface area contributed by atoms with Gasteiger partial charge in [0.2, 0.25) is 5.91 Å². The molecule has 6 heteroatoms. The van der Waals surface area contributed by atoms with Crippen LogP contribution in [0, 0.1) is 5.92 Å². The van der Waals surface area contributed by atoms with Gasteiger partial charge in [0, 0.05) is 13.1 Å². The predicted octanol–water partition coefficient (Wildman–Crippen LogP) is 2.80. The van der Waals surface area contributed by atoms with Gasteiger partial charge in [0.15, 0.2) is 0 Å². The molecule has 0 spiro atoms. The number of likely N-dealkylation sites (tertiary alicyclic amines) is 1. The van der Waals surface area contributed by atoms with Crippen molar-refractivity contribution >= 4 is 17.5 Å². The Hall–Kier alpha value is -0.450. The number of rotatable bonds is 2. The van der Waals surface area contributed by atoms with Crippen LogP contribution in [0.3, 0.4) is 0 Å². The van der Waals surface area contributed by atoms with E-state index in [0.717, 1.165) is 0 Å². The van der Waals surface area contributed by atoms with Crippen molar-refractivity contribution in [3.05, 3.63) is 0 Å². The zero-order valence-electron chi connectivity index (χ0n) is 9.06. The molecule has 1 heterocycles. The fourth-order valence-corrected chi connectivity index (χ4v) is 1.96. The van der Waals surface area contributed by atoms with Crippen molar-refractivity contribution in [1.82, 2.24) is 4.90 Å². The summed E-state index contributed by atoms with van der Waals surface area (Å²) in [5, 5.41) is -0.702. The topological polar surface area (TPSA) is 20.3 Å². The van der Waals surface area contributed by atoms with Crippen LogP contribution in [-0.4, -0.2) is 35.4 Å². The van der Waals surface area contributed by atoms with Gasteiger partial charge in [-0.3, -0.25) is 4.79 Å². The van der Waals surface area contributed by atoms with Crippen LogP contribution < -0.4 is 0 Å². The number of carbonyl (C=O) groups excluding carboxylic acids is 1. The van der Waals surface area contributed by atoms with E-state index in [2.05, 4.69) is 0 Å². The molecular formula is C10H15ClF3NO. The van der Waals surface area contributed by atoms with Gasteiger partial charge in [0.05, 0.1) is 5.92 Å². The average Bonchev–Trinajstić information content (AvgIpc) is 2.26. The maximum absolute atomic E-state index is 12.5. The van der Waals surface area contributed by atoms with E-state index < -0.39 is 17.5 Å². The SMILES string of the molecule is CC[C@@H](Cl)C(=O)N1CCC[C@H](C(F)(F)F)C1. The Kier molecular flexibility index (Phi) is 4.47. The van der Waals surface area contributed by atoms with Crippen LogP contribution in [0.5, 0.6) is 0 Å². The summed E-state index contributed by atoms with van der Waals surface area (Å²) >= 11 is 5.74. The highest BCUT2D eigenvalue weighted by Gasteiger charge is 2.43. The number of amides is 1. The summed E-state index contributed by atoms with van der Waals surface area (Å²) in [6, 6.07) is 0. The van der Waals surface area contributed by atoms with Crippen LogP contribution in [-0.2, 0) is 4.79 Å². The molecule has 0 aromatic heterocycles. The molecule has 0 aromatic carbocycles. The molecule has 0 radical (unpaired) electrons. The molecule has 2 nitrogen and oxygen atoms in total. The average molecular weight is 258 g/mol. The Morgan fingerprint density at radius 1 is 1.56 bits per heavy atom. The van der Waals surface area contributed by atoms with Crippen molar-refractivity contribution in [1.29, 1.82) is 0 Å². The molecule has 0 aliphatic carbocycles. The highest BCUT2D eigenvalue weighted by Crippen LogP contribution is 2.33. The molecule has 0 unspecified atom stereocenters. The Morgan fingerprint density at radius 3 is 2.69 bits per heavy atom. The molecule has 1 aliphatic heterocycles. The highest BCUT2D eigenvalue weighted by molar-refractivity contribution is 6.30. The normalized spacial score (nSPS) is 24.3. The molecule has 0 aromatic rings. The monoisotopic (exact) mass is 257 g/mol. The molecular weight excluding hydrogens is 243 g/mol. The Morgan fingerprint density at radius 2 is 2.19 bits per heavy atom. The molecule has 94 valence electrons. The second kappa shape index (κ2) is 5.25. The molecule has 0 bridgehead atoms. The zero-order chi connectivity index (χ0) is 12.3. The third-order valence-electron chi connectivity index (χ3n) is 2.82. The number of hydrogen-bond acceptors (Lipinski definition) is 1. The minimum absolute atomic E-state index is 0.104. The fraction of sp³-hybridized carbons (Fsp3) is 0.900. The van der Waals surface area contributed by atoms with Gasteiger partial charge in [0.25, 0.3) is 0 Å². The number of halogens is 4. The highest BCUT2D eigenvalue weighted by atomic mass is 35.5. The fourth-order valence-electron chi connectivity index (χ4n) is 1.82. The first kappa shape index (κ1) is 13.6. The van der Waals surface area contributed by atoms with Crippen molar-refractivity contribution in [2.75, 3.05) is 13.1 Å². The molecule has 1 fully saturated rings. The van der Waals surface area contributed by atoms with Crippen molar-refractivity contribution in [2.24, 2.45) is 5.92 Å². The Balaban J connectivity index is 2.60. The minimum atomic E-state index is -4.22. The van der Waals surface area contributed by atoms with Crippen LogP contribution in [0.2, 0.25) is 0 Å². The van der Waals surface area contributed by atoms with Crippen LogP contribution >= 0.6 is 11.6 Å². The van der Waals surface area contributed by atoms with Gasteiger partial charge in [-0.25, -0.2) is 0 Å². The molecule has 0 N–H and O–H groups in total. The Labute approximate surface area is 97.7 Å². The van der Waals surface area contributed by atoms with Crippen LogP contribution in [0.4, 0.5) is 13.2 Å². The van der Waals surface area contributed by atoms with Crippen molar-refractivity contribution in [2.45, 2.75) is 37.7 Å². The first-order valence-corrected chi connectivity index (χ1v) is 5.79. The van der Waals surface area contributed by atoms with E-state index in [1.807, 2.05) is 0 Å². The second-order valence-electron chi connectivity index (χ2n) is 4.04. The first-order chi connectivity index (χ1) is 7.36. The molecule has 1 saturated heterocycles. The number of piperidine rings is 1. The lowest BCUT2D eigenvalue weighted by Crippen LogP contribution is -2.47. The van der Waals surface area contributed by atoms with Gasteiger partial charge >= 0.3 is 6.18 Å². The van der Waals surface area contributed by atoms with E-state index >= 15 is 0 Å². The molecule has 2 atom stereocenters. The molecule has 1 amide bonds. The third-order valence-corrected chi connectivity index (χ3v) is 3.32. The minimum Gasteiger partial charge on any atom is -0.341 e. The van der Waals surface area contributed by atoms with Gasteiger partial charge in [-0.05, 0) is 19.3 Å². The lowest BCUT2D eigenvalue weighted by molar-refractivity contribution is -0.188. The van der Waals surface area contributed by atoms with Gasteiger partial charge in [-0.15, -0.1) is 11.6 Å². The number of nitrogens with zero attached hydrogens (tertiary/aromatic N) is 1. The zero-order valence-corrected chi connectivity index (χ0v) is 9.81. The quantitative estimate of drug-likeness (QED) is 0.697. The van der Waals surface area contributed by atoms with Crippen LogP contribution in [0.15, 0.2) is 0 Å². The largest absolute Gasteiger partial charge is 0.393 e. The van der Waals surface area contributed by atoms with E-state index in [9.17, 15) is 18.0 Å². The van der Waals surface area contributed by atoms with Crippen molar-refractivity contribution < 1.29 is 18.0 Å². The second-order valence-corrected chi connectivity index (χ2v) is 4.57. The van der Waals surface area contributed by atoms with Crippen molar-refractivity contribution in [3.63, 3.8) is 0 Å². The van der Waals surface area contributed by atoms with Crippen LogP contribution in [0.25, 0.3) is 0 Å². The number of carbonyl (C=O) groups is 1. The molecule has 1 aliphatic rings. The first-order valence-electron chi connectivity index (χ1n) is 5.35. The summed E-state index contributed by atoms with van der Waals surface area (Å²) < 4.78 is 37.5. The number of alkyl halides is 4. The van der Waals surface area contributed by atoms with E-state index in [-0.39, 0.29) is 18.9 Å². The van der Waals surface area contributed by atoms with Crippen LogP contribution in [0.1, 0.15) is 26.2 Å². The molecule has 0 saturated carbocycles. The lowest BCUT2D eigenvalue weighted by atomic mass is 9.97. The summed E-state index contributed by atoms with van der Waals surface area (Å²) in [6.07, 6.45) is -3.28. The maximum atomic E-state index is 12.5. The summed E-state index contributed by atoms with van der Waals surface area (Å²) in [4.78, 5) is 12.9. The summed E-state index contributed by atoms with van der Waals surface area (Å²) in [5.41, 5.74) is 0. The molecule has 16 heavy (non-hydrogen) atoms. The smallest absolute Gasteiger partial charge is 0.341 e. The third kappa shape index (κ3) is 3.27. The standard InChI is InChI=1S/C10H15ClF3NO/c1-2-8(11)9(16)15-5-3-4-7(6-15)10(12,13)14/h7-8H,2-6H2,1H3/t7-,8+/m0/s1. The summed E-state index contributed by atoms with van der Waals surface area (Å²) in [5.74, 6) is -1.77. The van der Waals surface area contributed by atoms with Gasteiger partial charge in [-0.1, -0.05) is 6.92 Å². The Bertz CT molecular complexity index is 257. The summed E-state index contributed by atoms with van der Waals surface area (Å²) in [7, 11) is 0. The van der Waals surface area contributed by atoms with Gasteiger partial charge in [-0.2, -0.15) is 13.2 Å². The maximum Gasteiger partial charge on any atom is 0.393 e. The van der Waals surface area contributed by atoms with Gasteiger partial charge in [0.1, 0.15) is 5.38 Å². The number of hydrogen-bond donors (Lipinski definition) is 0. The summed E-state index contributed by atoms with van der Waals surface area (Å²) in [6.45, 7) is 1.88. The predicted molar refractivity (Wildman–Crippen MR) is 55.3 cm³/mol. The van der Waals surface area contributed by atoms with Crippen molar-refractivity contribution in [3.8, 4) is 0 Å². The van der Waals surface area contributed by atoms with E-state index in [4.69, 9.17) is 11.6 Å². The van der Waals surface area contributed by atoms with E-state index in [1.54, 1.807) is 6.92 Å². The van der Waals surface area contributed by atoms with E-state index in [1.165, 1.54) is 4.90 Å². The van der Waals surface area contributed by atoms with E-state index in [0.29, 0.717) is 19.4 Å². The lowest BCUT2D eigenvalue weighted by Gasteiger charge is -2.34. The van der Waals surface area contributed by atoms with Gasteiger partial charge < -0.3 is 4.90 Å².